The molecule has 0 saturated carbocycles. The highest BCUT2D eigenvalue weighted by atomic mass is 35.5. The van der Waals surface area contributed by atoms with E-state index in [1.165, 1.54) is 90.3 Å². The Morgan fingerprint density at radius 3 is 0.963 bits per heavy atom. The van der Waals surface area contributed by atoms with Gasteiger partial charge in [0.25, 0.3) is 0 Å². The SMILES string of the molecule is CCOC(=O)N1CCC(=C2c3ccc(Cl)cc3CCc3cc(Cl)cnc32)CC1.CCOC(=O)N1CCC(=C2c3ccc(Cl)cc3CCc3cc(F)cnc32)CC1.CCOC(=O)N1CCC(=C2c3ccc(Cl)cc3CCc3cc(N)cnc32)CC1.Fc1cnc2c(c1)CCc1cc(Cl)ccc1C2=C1CCNCC1. The van der Waals surface area contributed by atoms with Gasteiger partial charge in [0.15, 0.2) is 0 Å². The Kier molecular flexibility index (Phi) is 25.1. The fraction of sp³-hybridized carbons (Fsp3) is 0.353. The van der Waals surface area contributed by atoms with Gasteiger partial charge >= 0.3 is 18.3 Å². The second-order valence-corrected chi connectivity index (χ2v) is 29.9. The van der Waals surface area contributed by atoms with Crippen molar-refractivity contribution >= 4 is 104 Å². The van der Waals surface area contributed by atoms with Crippen LogP contribution >= 0.6 is 58.0 Å². The summed E-state index contributed by atoms with van der Waals surface area (Å²) < 4.78 is 42.9. The molecule has 0 radical (unpaired) electrons. The second kappa shape index (κ2) is 35.1. The normalized spacial score (nSPS) is 16.6. The fourth-order valence-electron chi connectivity index (χ4n) is 16.0. The summed E-state index contributed by atoms with van der Waals surface area (Å²) >= 11 is 31.2. The van der Waals surface area contributed by atoms with Crippen LogP contribution < -0.4 is 11.1 Å². The number of hydrogen-bond acceptors (Lipinski definition) is 12. The van der Waals surface area contributed by atoms with Crippen LogP contribution in [0.25, 0.3) is 22.3 Å². The molecule has 4 saturated heterocycles. The van der Waals surface area contributed by atoms with Gasteiger partial charge in [0.1, 0.15) is 11.6 Å². The summed E-state index contributed by atoms with van der Waals surface area (Å²) in [6.07, 6.45) is 18.8. The molecule has 15 nitrogen and oxygen atoms in total. The zero-order chi connectivity index (χ0) is 74.8. The number of likely N-dealkylation sites (tertiary alicyclic amines) is 3. The number of pyridine rings is 4. The highest BCUT2D eigenvalue weighted by Gasteiger charge is 2.32. The molecular formula is C85H86Cl5F2N9O6. The van der Waals surface area contributed by atoms with Crippen molar-refractivity contribution in [3.63, 3.8) is 0 Å². The maximum atomic E-state index is 13.8. The number of ether oxygens (including phenoxy) is 3. The van der Waals surface area contributed by atoms with Crippen molar-refractivity contribution in [3.05, 3.63) is 270 Å². The number of amides is 3. The summed E-state index contributed by atoms with van der Waals surface area (Å²) in [7, 11) is 0. The van der Waals surface area contributed by atoms with Crippen molar-refractivity contribution in [3.8, 4) is 0 Å². The van der Waals surface area contributed by atoms with E-state index in [-0.39, 0.29) is 29.9 Å². The van der Waals surface area contributed by atoms with E-state index in [2.05, 4.69) is 45.6 Å². The molecule has 16 rings (SSSR count). The highest BCUT2D eigenvalue weighted by Crippen LogP contribution is 2.44. The molecule has 8 heterocycles. The molecule has 22 heteroatoms. The number of piperidine rings is 4. The van der Waals surface area contributed by atoms with E-state index in [0.717, 1.165) is 187 Å². The summed E-state index contributed by atoms with van der Waals surface area (Å²) in [5, 5.41) is 7.01. The molecule has 8 aliphatic rings. The van der Waals surface area contributed by atoms with Crippen molar-refractivity contribution in [2.75, 3.05) is 77.9 Å². The van der Waals surface area contributed by atoms with Crippen LogP contribution in [0.1, 0.15) is 162 Å². The third-order valence-corrected chi connectivity index (χ3v) is 22.2. The average Bonchev–Trinajstić information content (AvgIpc) is 1.74. The van der Waals surface area contributed by atoms with Crippen LogP contribution in [0, 0.1) is 11.6 Å². The van der Waals surface area contributed by atoms with E-state index in [4.69, 9.17) is 87.9 Å². The lowest BCUT2D eigenvalue weighted by molar-refractivity contribution is 0.103. The van der Waals surface area contributed by atoms with E-state index >= 15 is 0 Å². The lowest BCUT2D eigenvalue weighted by Crippen LogP contribution is -2.37. The van der Waals surface area contributed by atoms with E-state index < -0.39 is 0 Å². The largest absolute Gasteiger partial charge is 0.450 e. The Balaban J connectivity index is 0.000000126. The number of aromatic nitrogens is 4. The Hall–Kier alpha value is -8.68. The number of nitrogen functional groups attached to an aromatic ring is 1. The molecule has 3 N–H and O–H groups in total. The van der Waals surface area contributed by atoms with Crippen LogP contribution in [0.5, 0.6) is 0 Å². The number of nitrogens with two attached hydrogens (primary N) is 1. The number of nitrogens with one attached hydrogen (secondary N) is 1. The van der Waals surface area contributed by atoms with Gasteiger partial charge in [-0.25, -0.2) is 23.2 Å². The summed E-state index contributed by atoms with van der Waals surface area (Å²) in [5.41, 5.74) is 34.3. The minimum atomic E-state index is -0.316. The smallest absolute Gasteiger partial charge is 0.409 e. The molecule has 4 aliphatic carbocycles. The molecule has 4 aromatic carbocycles. The van der Waals surface area contributed by atoms with Crippen LogP contribution in [-0.4, -0.2) is 125 Å². The third-order valence-electron chi connectivity index (χ3n) is 21.0. The number of benzene rings is 4. The standard InChI is InChI=1S/C22H22Cl2N2O2.C22H22ClFN2O2.C22H24ClN3O2.C19H18ClFN2/c3*1-2-28-22(27)26-9-7-14(8-10-26)20-19-6-5-17(23)11-15(19)3-4-16-12-18(24)13-25-21(16)20;20-15-3-4-17-13(9-15)1-2-14-10-16(21)11-23-19(14)18(17)12-5-7-22-8-6-12/h2*5-6,11-13H,2-4,7-10H2,1H3;5-6,11-13H,2-4,7-10,24H2,1H3;3-4,9-11,22H,1-2,5-8H2. The first-order valence-electron chi connectivity index (χ1n) is 37.1. The molecule has 4 aromatic heterocycles. The number of fused-ring (bicyclic) bond motifs is 8. The van der Waals surface area contributed by atoms with Gasteiger partial charge in [0.2, 0.25) is 0 Å². The number of hydrogen-bond donors (Lipinski definition) is 2. The summed E-state index contributed by atoms with van der Waals surface area (Å²) in [5.74, 6) is -0.577. The molecule has 0 spiro atoms. The zero-order valence-electron chi connectivity index (χ0n) is 60.4. The lowest BCUT2D eigenvalue weighted by Gasteiger charge is -2.29. The molecule has 3 amide bonds. The van der Waals surface area contributed by atoms with Crippen molar-refractivity contribution in [2.45, 2.75) is 124 Å². The zero-order valence-corrected chi connectivity index (χ0v) is 64.2. The Labute approximate surface area is 649 Å². The van der Waals surface area contributed by atoms with Gasteiger partial charge < -0.3 is 40.0 Å². The molecule has 8 aromatic rings. The molecule has 0 atom stereocenters. The quantitative estimate of drug-likeness (QED) is 0.160. The Morgan fingerprint density at radius 2 is 0.636 bits per heavy atom. The molecule has 0 unspecified atom stereocenters. The average molecular weight is 1540 g/mol. The number of anilines is 1. The monoisotopic (exact) mass is 1540 g/mol. The first kappa shape index (κ1) is 76.5. The number of nitrogens with zero attached hydrogens (tertiary/aromatic N) is 7. The minimum Gasteiger partial charge on any atom is -0.450 e. The summed E-state index contributed by atoms with van der Waals surface area (Å²) in [6.45, 7) is 12.5. The molecule has 107 heavy (non-hydrogen) atoms. The van der Waals surface area contributed by atoms with Crippen molar-refractivity contribution < 1.29 is 37.4 Å². The number of aryl methyl sites for hydroxylation is 8. The first-order valence-corrected chi connectivity index (χ1v) is 39.0. The second-order valence-electron chi connectivity index (χ2n) is 27.7. The van der Waals surface area contributed by atoms with Gasteiger partial charge in [0.05, 0.1) is 71.9 Å². The van der Waals surface area contributed by atoms with Crippen molar-refractivity contribution in [1.82, 2.24) is 40.0 Å². The van der Waals surface area contributed by atoms with Gasteiger partial charge in [-0.05, 0) is 276 Å². The van der Waals surface area contributed by atoms with Crippen molar-refractivity contribution in [1.29, 1.82) is 0 Å². The highest BCUT2D eigenvalue weighted by molar-refractivity contribution is 6.32. The van der Waals surface area contributed by atoms with Gasteiger partial charge in [-0.15, -0.1) is 0 Å². The van der Waals surface area contributed by atoms with Gasteiger partial charge in [-0.1, -0.05) is 105 Å². The molecule has 4 aliphatic heterocycles. The van der Waals surface area contributed by atoms with Crippen LogP contribution in [-0.2, 0) is 65.6 Å². The number of carbonyl (C=O) groups excluding carboxylic acids is 3. The molecule has 0 bridgehead atoms. The Morgan fingerprint density at radius 1 is 0.364 bits per heavy atom. The number of rotatable bonds is 3. The maximum Gasteiger partial charge on any atom is 0.409 e. The molecule has 4 fully saturated rings. The van der Waals surface area contributed by atoms with E-state index in [0.29, 0.717) is 74.8 Å². The van der Waals surface area contributed by atoms with E-state index in [1.807, 2.05) is 75.4 Å². The van der Waals surface area contributed by atoms with Crippen LogP contribution in [0.3, 0.4) is 0 Å². The van der Waals surface area contributed by atoms with Gasteiger partial charge in [-0.3, -0.25) is 19.9 Å². The van der Waals surface area contributed by atoms with E-state index in [1.54, 1.807) is 39.2 Å². The van der Waals surface area contributed by atoms with Crippen LogP contribution in [0.4, 0.5) is 28.9 Å². The first-order chi connectivity index (χ1) is 51.9. The van der Waals surface area contributed by atoms with Crippen molar-refractivity contribution in [2.24, 2.45) is 0 Å². The summed E-state index contributed by atoms with van der Waals surface area (Å²) in [6, 6.07) is 31.5. The fourth-order valence-corrected chi connectivity index (χ4v) is 16.9. The third kappa shape index (κ3) is 17.9. The number of carbonyl (C=O) groups is 3. The predicted molar refractivity (Wildman–Crippen MR) is 421 cm³/mol. The van der Waals surface area contributed by atoms with Crippen LogP contribution in [0.15, 0.2) is 144 Å². The van der Waals surface area contributed by atoms with Crippen LogP contribution in [0.2, 0.25) is 25.1 Å². The maximum absolute atomic E-state index is 13.8. The lowest BCUT2D eigenvalue weighted by atomic mass is 9.88. The van der Waals surface area contributed by atoms with E-state index in [9.17, 15) is 23.2 Å². The number of halogens is 7. The van der Waals surface area contributed by atoms with Gasteiger partial charge in [0, 0.05) is 87.8 Å². The summed E-state index contributed by atoms with van der Waals surface area (Å²) in [4.78, 5) is 59.8. The molecular weight excluding hydrogens is 1460 g/mol. The minimum absolute atomic E-state index is 0.231. The van der Waals surface area contributed by atoms with Gasteiger partial charge in [-0.2, -0.15) is 0 Å². The predicted octanol–water partition coefficient (Wildman–Crippen LogP) is 19.2. The topological polar surface area (TPSA) is 178 Å². The Bertz CT molecular complexity index is 4240. The molecule has 556 valence electrons.